The normalized spacial score (nSPS) is 10.2. The smallest absolute Gasteiger partial charge is 0.228 e. The van der Waals surface area contributed by atoms with Gasteiger partial charge in [0, 0.05) is 10.4 Å². The Morgan fingerprint density at radius 3 is 2.71 bits per heavy atom. The third-order valence-corrected chi connectivity index (χ3v) is 4.08. The number of nitriles is 1. The lowest BCUT2D eigenvalue weighted by atomic mass is 10.1. The highest BCUT2D eigenvalue weighted by Crippen LogP contribution is 2.24. The van der Waals surface area contributed by atoms with E-state index >= 15 is 0 Å². The molecule has 0 unspecified atom stereocenters. The molecule has 1 heterocycles. The van der Waals surface area contributed by atoms with Crippen molar-refractivity contribution in [1.29, 1.82) is 5.26 Å². The summed E-state index contributed by atoms with van der Waals surface area (Å²) in [5.41, 5.74) is 2.30. The van der Waals surface area contributed by atoms with Crippen molar-refractivity contribution in [2.24, 2.45) is 0 Å². The molecule has 0 saturated carbocycles. The Labute approximate surface area is 126 Å². The monoisotopic (exact) mass is 292 g/mol. The van der Waals surface area contributed by atoms with E-state index < -0.39 is 0 Å². The van der Waals surface area contributed by atoms with Crippen molar-refractivity contribution >= 4 is 33.0 Å². The summed E-state index contributed by atoms with van der Waals surface area (Å²) in [6.45, 7) is 0. The molecule has 3 aromatic rings. The van der Waals surface area contributed by atoms with Gasteiger partial charge >= 0.3 is 0 Å². The maximum atomic E-state index is 12.0. The number of nitrogens with one attached hydrogen (secondary N) is 1. The highest BCUT2D eigenvalue weighted by Gasteiger charge is 2.05. The van der Waals surface area contributed by atoms with Crippen LogP contribution in [-0.2, 0) is 11.2 Å². The number of hydrogen-bond acceptors (Lipinski definition) is 3. The van der Waals surface area contributed by atoms with Crippen molar-refractivity contribution in [3.8, 4) is 6.07 Å². The first-order valence-corrected chi connectivity index (χ1v) is 7.39. The molecule has 0 fully saturated rings. The maximum absolute atomic E-state index is 12.0. The van der Waals surface area contributed by atoms with Gasteiger partial charge in [0.15, 0.2) is 0 Å². The van der Waals surface area contributed by atoms with Gasteiger partial charge in [0.25, 0.3) is 0 Å². The van der Waals surface area contributed by atoms with Gasteiger partial charge in [0.05, 0.1) is 18.1 Å². The first-order chi connectivity index (χ1) is 10.2. The number of carbonyl (C=O) groups excluding carboxylic acids is 1. The highest BCUT2D eigenvalue weighted by atomic mass is 32.1. The lowest BCUT2D eigenvalue weighted by Crippen LogP contribution is -2.14. The Morgan fingerprint density at radius 2 is 1.95 bits per heavy atom. The number of benzene rings is 2. The van der Waals surface area contributed by atoms with Gasteiger partial charge < -0.3 is 5.32 Å². The van der Waals surface area contributed by atoms with Gasteiger partial charge in [-0.3, -0.25) is 4.79 Å². The Bertz CT molecular complexity index is 828. The van der Waals surface area contributed by atoms with Gasteiger partial charge in [-0.1, -0.05) is 12.1 Å². The van der Waals surface area contributed by atoms with E-state index in [1.165, 1.54) is 4.70 Å². The van der Waals surface area contributed by atoms with E-state index in [2.05, 4.69) is 11.4 Å². The minimum atomic E-state index is -0.0608. The topological polar surface area (TPSA) is 52.9 Å². The van der Waals surface area contributed by atoms with Crippen molar-refractivity contribution in [3.05, 3.63) is 65.0 Å². The van der Waals surface area contributed by atoms with E-state index in [1.807, 2.05) is 29.6 Å². The van der Waals surface area contributed by atoms with Crippen LogP contribution < -0.4 is 5.32 Å². The van der Waals surface area contributed by atoms with Crippen LogP contribution in [0.5, 0.6) is 0 Å². The average Bonchev–Trinajstić information content (AvgIpc) is 2.95. The summed E-state index contributed by atoms with van der Waals surface area (Å²) in [4.78, 5) is 12.0. The van der Waals surface area contributed by atoms with E-state index in [-0.39, 0.29) is 5.91 Å². The molecule has 1 N–H and O–H groups in total. The van der Waals surface area contributed by atoms with Gasteiger partial charge in [-0.25, -0.2) is 0 Å². The third kappa shape index (κ3) is 3.10. The summed E-state index contributed by atoms with van der Waals surface area (Å²) in [7, 11) is 0. The van der Waals surface area contributed by atoms with Crippen molar-refractivity contribution in [3.63, 3.8) is 0 Å². The van der Waals surface area contributed by atoms with E-state index in [1.54, 1.807) is 35.6 Å². The average molecular weight is 292 g/mol. The van der Waals surface area contributed by atoms with Crippen molar-refractivity contribution < 1.29 is 4.79 Å². The zero-order valence-corrected chi connectivity index (χ0v) is 12.0. The fourth-order valence-corrected chi connectivity index (χ4v) is 2.90. The number of anilines is 1. The number of nitrogens with zero attached hydrogens (tertiary/aromatic N) is 1. The van der Waals surface area contributed by atoms with Crippen molar-refractivity contribution in [2.75, 3.05) is 5.32 Å². The van der Waals surface area contributed by atoms with E-state index in [9.17, 15) is 4.79 Å². The van der Waals surface area contributed by atoms with Crippen LogP contribution >= 0.6 is 11.3 Å². The number of rotatable bonds is 3. The highest BCUT2D eigenvalue weighted by molar-refractivity contribution is 7.17. The molecule has 1 amide bonds. The van der Waals surface area contributed by atoms with Gasteiger partial charge in [-0.05, 0) is 52.7 Å². The zero-order chi connectivity index (χ0) is 14.7. The summed E-state index contributed by atoms with van der Waals surface area (Å²) < 4.78 is 1.21. The quantitative estimate of drug-likeness (QED) is 0.794. The molecule has 0 aliphatic rings. The lowest BCUT2D eigenvalue weighted by molar-refractivity contribution is -0.115. The molecule has 0 saturated heterocycles. The summed E-state index contributed by atoms with van der Waals surface area (Å²) in [6.07, 6.45) is 0.299. The minimum Gasteiger partial charge on any atom is -0.326 e. The summed E-state index contributed by atoms with van der Waals surface area (Å²) in [5, 5.41) is 14.8. The van der Waals surface area contributed by atoms with E-state index in [0.717, 1.165) is 16.6 Å². The minimum absolute atomic E-state index is 0.0608. The first kappa shape index (κ1) is 13.3. The molecular weight excluding hydrogens is 280 g/mol. The largest absolute Gasteiger partial charge is 0.326 e. The Hall–Kier alpha value is -2.64. The molecule has 3 nitrogen and oxygen atoms in total. The molecule has 0 spiro atoms. The first-order valence-electron chi connectivity index (χ1n) is 6.51. The molecule has 4 heteroatoms. The van der Waals surface area contributed by atoms with Crippen LogP contribution in [0.3, 0.4) is 0 Å². The Morgan fingerprint density at radius 1 is 1.14 bits per heavy atom. The van der Waals surface area contributed by atoms with Gasteiger partial charge in [-0.2, -0.15) is 5.26 Å². The number of carbonyl (C=O) groups is 1. The van der Waals surface area contributed by atoms with Crippen LogP contribution in [0, 0.1) is 11.3 Å². The van der Waals surface area contributed by atoms with Crippen molar-refractivity contribution in [2.45, 2.75) is 6.42 Å². The molecule has 2 aromatic carbocycles. The van der Waals surface area contributed by atoms with Gasteiger partial charge in [-0.15, -0.1) is 11.3 Å². The summed E-state index contributed by atoms with van der Waals surface area (Å²) in [6, 6.07) is 17.1. The molecule has 21 heavy (non-hydrogen) atoms. The van der Waals surface area contributed by atoms with Crippen LogP contribution in [0.2, 0.25) is 0 Å². The van der Waals surface area contributed by atoms with E-state index in [0.29, 0.717) is 12.0 Å². The molecule has 0 aliphatic carbocycles. The Balaban J connectivity index is 1.69. The van der Waals surface area contributed by atoms with Gasteiger partial charge in [0.1, 0.15) is 0 Å². The molecule has 0 radical (unpaired) electrons. The molecular formula is C17H12N2OS. The number of amides is 1. The second-order valence-corrected chi connectivity index (χ2v) is 5.65. The zero-order valence-electron chi connectivity index (χ0n) is 11.2. The predicted molar refractivity (Wildman–Crippen MR) is 85.3 cm³/mol. The molecule has 102 valence electrons. The molecule has 1 aromatic heterocycles. The lowest BCUT2D eigenvalue weighted by Gasteiger charge is -2.05. The number of fused-ring (bicyclic) bond motifs is 1. The molecule has 0 atom stereocenters. The SMILES string of the molecule is N#Cc1ccc(CC(=O)Nc2ccc3sccc3c2)cc1. The van der Waals surface area contributed by atoms with Crippen LogP contribution in [0.1, 0.15) is 11.1 Å². The summed E-state index contributed by atoms with van der Waals surface area (Å²) in [5.74, 6) is -0.0608. The predicted octanol–water partition coefficient (Wildman–Crippen LogP) is 3.95. The van der Waals surface area contributed by atoms with Crippen LogP contribution in [0.25, 0.3) is 10.1 Å². The third-order valence-electron chi connectivity index (χ3n) is 3.18. The van der Waals surface area contributed by atoms with Gasteiger partial charge in [0.2, 0.25) is 5.91 Å². The second kappa shape index (κ2) is 5.78. The van der Waals surface area contributed by atoms with Crippen molar-refractivity contribution in [1.82, 2.24) is 0 Å². The van der Waals surface area contributed by atoms with Crippen LogP contribution in [0.4, 0.5) is 5.69 Å². The Kier molecular flexibility index (Phi) is 3.67. The maximum Gasteiger partial charge on any atom is 0.228 e. The summed E-state index contributed by atoms with van der Waals surface area (Å²) >= 11 is 1.68. The fourth-order valence-electron chi connectivity index (χ4n) is 2.13. The standard InChI is InChI=1S/C17H12N2OS/c18-11-13-3-1-12(2-4-13)9-17(20)19-15-5-6-16-14(10-15)7-8-21-16/h1-8,10H,9H2,(H,19,20). The van der Waals surface area contributed by atoms with E-state index in [4.69, 9.17) is 5.26 Å². The molecule has 3 rings (SSSR count). The molecule has 0 aliphatic heterocycles. The van der Waals surface area contributed by atoms with Crippen LogP contribution in [-0.4, -0.2) is 5.91 Å². The number of hydrogen-bond donors (Lipinski definition) is 1. The van der Waals surface area contributed by atoms with Crippen LogP contribution in [0.15, 0.2) is 53.9 Å². The molecule has 0 bridgehead atoms. The fraction of sp³-hybridized carbons (Fsp3) is 0.0588. The second-order valence-electron chi connectivity index (χ2n) is 4.71. The number of thiophene rings is 1.